The van der Waals surface area contributed by atoms with Gasteiger partial charge in [0.15, 0.2) is 0 Å². The zero-order valence-corrected chi connectivity index (χ0v) is 13.7. The maximum atomic E-state index is 3.71. The molecule has 0 aliphatic heterocycles. The number of hydrogen-bond donors (Lipinski definition) is 1. The Kier molecular flexibility index (Phi) is 5.44. The number of nitrogens with one attached hydrogen (secondary N) is 1. The van der Waals surface area contributed by atoms with Gasteiger partial charge in [-0.25, -0.2) is 0 Å². The lowest BCUT2D eigenvalue weighted by Gasteiger charge is -2.24. The van der Waals surface area contributed by atoms with Crippen LogP contribution in [0.3, 0.4) is 0 Å². The van der Waals surface area contributed by atoms with Crippen molar-refractivity contribution in [3.63, 3.8) is 0 Å². The van der Waals surface area contributed by atoms with Crippen molar-refractivity contribution < 1.29 is 0 Å². The molecule has 0 spiro atoms. The molecule has 112 valence electrons. The molecule has 0 heterocycles. The molecule has 0 aromatic heterocycles. The molecule has 0 radical (unpaired) electrons. The Hall–Kier alpha value is -1.76. The van der Waals surface area contributed by atoms with Crippen molar-refractivity contribution in [3.05, 3.63) is 65.2 Å². The van der Waals surface area contributed by atoms with Gasteiger partial charge in [0, 0.05) is 18.2 Å². The van der Waals surface area contributed by atoms with Gasteiger partial charge in [-0.05, 0) is 36.0 Å². The van der Waals surface area contributed by atoms with Crippen molar-refractivity contribution >= 4 is 5.69 Å². The van der Waals surface area contributed by atoms with Crippen LogP contribution in [0.25, 0.3) is 0 Å². The first-order valence-electron chi connectivity index (χ1n) is 8.00. The van der Waals surface area contributed by atoms with Crippen molar-refractivity contribution in [2.24, 2.45) is 5.92 Å². The van der Waals surface area contributed by atoms with Gasteiger partial charge in [0.1, 0.15) is 0 Å². The van der Waals surface area contributed by atoms with E-state index in [4.69, 9.17) is 0 Å². The summed E-state index contributed by atoms with van der Waals surface area (Å²) >= 11 is 0. The van der Waals surface area contributed by atoms with E-state index in [-0.39, 0.29) is 0 Å². The monoisotopic (exact) mass is 281 g/mol. The van der Waals surface area contributed by atoms with Crippen LogP contribution in [-0.2, 0) is 6.42 Å². The molecule has 0 aliphatic carbocycles. The topological polar surface area (TPSA) is 12.0 Å². The fraction of sp³-hybridized carbons (Fsp3) is 0.400. The van der Waals surface area contributed by atoms with Gasteiger partial charge in [0.05, 0.1) is 0 Å². The molecule has 1 atom stereocenters. The molecule has 1 heteroatoms. The van der Waals surface area contributed by atoms with Crippen LogP contribution in [0.2, 0.25) is 0 Å². The van der Waals surface area contributed by atoms with Gasteiger partial charge in [-0.1, -0.05) is 69.3 Å². The molecule has 2 rings (SSSR count). The third kappa shape index (κ3) is 3.87. The predicted molar refractivity (Wildman–Crippen MR) is 93.1 cm³/mol. The maximum absolute atomic E-state index is 3.71. The van der Waals surface area contributed by atoms with E-state index in [1.54, 1.807) is 0 Å². The minimum absolute atomic E-state index is 0.538. The van der Waals surface area contributed by atoms with E-state index in [2.05, 4.69) is 81.5 Å². The Balaban J connectivity index is 2.17. The van der Waals surface area contributed by atoms with E-state index in [9.17, 15) is 0 Å². The Bertz CT molecular complexity index is 557. The van der Waals surface area contributed by atoms with Gasteiger partial charge in [0.25, 0.3) is 0 Å². The zero-order chi connectivity index (χ0) is 15.2. The first-order valence-corrected chi connectivity index (χ1v) is 8.00. The average Bonchev–Trinajstić information content (AvgIpc) is 2.49. The molecule has 1 nitrogen and oxygen atoms in total. The fourth-order valence-electron chi connectivity index (χ4n) is 2.93. The highest BCUT2D eigenvalue weighted by atomic mass is 14.9. The van der Waals surface area contributed by atoms with Crippen molar-refractivity contribution in [1.29, 1.82) is 0 Å². The second-order valence-electron chi connectivity index (χ2n) is 6.10. The smallest absolute Gasteiger partial charge is 0.0402 e. The molecule has 0 aliphatic rings. The second-order valence-corrected chi connectivity index (χ2v) is 6.10. The van der Waals surface area contributed by atoms with E-state index in [1.165, 1.54) is 22.4 Å². The SMILES string of the molecule is CCc1cccc(C)c1NCC(c1ccccc1)C(C)C. The molecule has 0 saturated carbocycles. The molecule has 0 fully saturated rings. The predicted octanol–water partition coefficient (Wildman–Crippen LogP) is 5.41. The van der Waals surface area contributed by atoms with Gasteiger partial charge >= 0.3 is 0 Å². The van der Waals surface area contributed by atoms with Crippen LogP contribution in [-0.4, -0.2) is 6.54 Å². The Labute approximate surface area is 129 Å². The number of benzene rings is 2. The molecule has 2 aromatic rings. The highest BCUT2D eigenvalue weighted by Gasteiger charge is 2.16. The summed E-state index contributed by atoms with van der Waals surface area (Å²) in [6.07, 6.45) is 1.07. The van der Waals surface area contributed by atoms with Crippen molar-refractivity contribution in [3.8, 4) is 0 Å². The van der Waals surface area contributed by atoms with E-state index in [0.29, 0.717) is 11.8 Å². The van der Waals surface area contributed by atoms with Crippen LogP contribution < -0.4 is 5.32 Å². The van der Waals surface area contributed by atoms with Crippen LogP contribution in [0.4, 0.5) is 5.69 Å². The van der Waals surface area contributed by atoms with Crippen LogP contribution >= 0.6 is 0 Å². The van der Waals surface area contributed by atoms with Gasteiger partial charge in [-0.15, -0.1) is 0 Å². The quantitative estimate of drug-likeness (QED) is 0.746. The summed E-state index contributed by atoms with van der Waals surface area (Å²) < 4.78 is 0. The van der Waals surface area contributed by atoms with Crippen LogP contribution in [0, 0.1) is 12.8 Å². The molecule has 0 amide bonds. The van der Waals surface area contributed by atoms with Gasteiger partial charge in [0.2, 0.25) is 0 Å². The lowest BCUT2D eigenvalue weighted by molar-refractivity contribution is 0.517. The molecule has 1 N–H and O–H groups in total. The summed E-state index contributed by atoms with van der Waals surface area (Å²) in [5.41, 5.74) is 5.49. The fourth-order valence-corrected chi connectivity index (χ4v) is 2.93. The van der Waals surface area contributed by atoms with E-state index < -0.39 is 0 Å². The molecular weight excluding hydrogens is 254 g/mol. The van der Waals surface area contributed by atoms with Gasteiger partial charge in [-0.2, -0.15) is 0 Å². The summed E-state index contributed by atoms with van der Waals surface area (Å²) in [5, 5.41) is 3.71. The minimum Gasteiger partial charge on any atom is -0.384 e. The summed E-state index contributed by atoms with van der Waals surface area (Å²) in [5.74, 6) is 1.16. The number of hydrogen-bond acceptors (Lipinski definition) is 1. The average molecular weight is 281 g/mol. The number of anilines is 1. The Morgan fingerprint density at radius 3 is 2.29 bits per heavy atom. The normalized spacial score (nSPS) is 12.4. The molecule has 0 bridgehead atoms. The second kappa shape index (κ2) is 7.31. The highest BCUT2D eigenvalue weighted by Crippen LogP contribution is 2.27. The third-order valence-electron chi connectivity index (χ3n) is 4.27. The van der Waals surface area contributed by atoms with Crippen molar-refractivity contribution in [2.75, 3.05) is 11.9 Å². The Morgan fingerprint density at radius 1 is 0.952 bits per heavy atom. The van der Waals surface area contributed by atoms with Crippen LogP contribution in [0.5, 0.6) is 0 Å². The summed E-state index contributed by atoms with van der Waals surface area (Å²) in [6.45, 7) is 10.0. The van der Waals surface area contributed by atoms with Crippen LogP contribution in [0.15, 0.2) is 48.5 Å². The third-order valence-corrected chi connectivity index (χ3v) is 4.27. The summed E-state index contributed by atoms with van der Waals surface area (Å²) in [4.78, 5) is 0. The standard InChI is InChI=1S/C20H27N/c1-5-17-13-9-10-16(4)20(17)21-14-19(15(2)3)18-11-7-6-8-12-18/h6-13,15,19,21H,5,14H2,1-4H3. The highest BCUT2D eigenvalue weighted by molar-refractivity contribution is 5.57. The van der Waals surface area contributed by atoms with Gasteiger partial charge in [-0.3, -0.25) is 0 Å². The molecular formula is C20H27N. The largest absolute Gasteiger partial charge is 0.384 e. The first-order chi connectivity index (χ1) is 10.1. The maximum Gasteiger partial charge on any atom is 0.0402 e. The first kappa shape index (κ1) is 15.6. The van der Waals surface area contributed by atoms with E-state index >= 15 is 0 Å². The summed E-state index contributed by atoms with van der Waals surface area (Å²) in [7, 11) is 0. The number of rotatable bonds is 6. The van der Waals surface area contributed by atoms with Gasteiger partial charge < -0.3 is 5.32 Å². The number of para-hydroxylation sites is 1. The lowest BCUT2D eigenvalue weighted by atomic mass is 9.88. The number of aryl methyl sites for hydroxylation is 2. The van der Waals surface area contributed by atoms with E-state index in [1.807, 2.05) is 0 Å². The molecule has 1 unspecified atom stereocenters. The molecule has 2 aromatic carbocycles. The summed E-state index contributed by atoms with van der Waals surface area (Å²) in [6, 6.07) is 17.4. The van der Waals surface area contributed by atoms with Crippen LogP contribution in [0.1, 0.15) is 43.4 Å². The Morgan fingerprint density at radius 2 is 1.67 bits per heavy atom. The molecule has 0 saturated heterocycles. The van der Waals surface area contributed by atoms with E-state index in [0.717, 1.165) is 13.0 Å². The lowest BCUT2D eigenvalue weighted by Crippen LogP contribution is -2.18. The van der Waals surface area contributed by atoms with Crippen molar-refractivity contribution in [2.45, 2.75) is 40.0 Å². The molecule has 21 heavy (non-hydrogen) atoms. The van der Waals surface area contributed by atoms with Crippen molar-refractivity contribution in [1.82, 2.24) is 0 Å². The minimum atomic E-state index is 0.538. The zero-order valence-electron chi connectivity index (χ0n) is 13.7.